The van der Waals surface area contributed by atoms with E-state index in [4.69, 9.17) is 9.84 Å². The van der Waals surface area contributed by atoms with Crippen LogP contribution in [0.3, 0.4) is 0 Å². The molecule has 0 amide bonds. The van der Waals surface area contributed by atoms with Crippen molar-refractivity contribution in [3.05, 3.63) is 59.7 Å². The van der Waals surface area contributed by atoms with E-state index in [1.165, 1.54) is 22.5 Å². The highest BCUT2D eigenvalue weighted by atomic mass is 16.7. The molecule has 4 rings (SSSR count). The second kappa shape index (κ2) is 6.76. The molecule has 1 saturated heterocycles. The fourth-order valence-electron chi connectivity index (χ4n) is 3.66. The van der Waals surface area contributed by atoms with Crippen LogP contribution >= 0.6 is 0 Å². The summed E-state index contributed by atoms with van der Waals surface area (Å²) < 4.78 is 4.78. The van der Waals surface area contributed by atoms with Gasteiger partial charge >= 0.3 is 6.16 Å². The first kappa shape index (κ1) is 16.0. The highest BCUT2D eigenvalue weighted by Gasteiger charge is 2.37. The van der Waals surface area contributed by atoms with Gasteiger partial charge in [-0.2, -0.15) is 0 Å². The van der Waals surface area contributed by atoms with Crippen molar-refractivity contribution < 1.29 is 14.6 Å². The predicted molar refractivity (Wildman–Crippen MR) is 96.4 cm³/mol. The number of carbonyl (C=O) groups is 1. The fraction of sp³-hybridized carbons (Fsp3) is 0.350. The lowest BCUT2D eigenvalue weighted by atomic mass is 10.0. The second-order valence-electron chi connectivity index (χ2n) is 6.60. The van der Waals surface area contributed by atoms with Crippen LogP contribution in [0, 0.1) is 0 Å². The van der Waals surface area contributed by atoms with E-state index in [2.05, 4.69) is 53.4 Å². The first-order valence-electron chi connectivity index (χ1n) is 8.79. The summed E-state index contributed by atoms with van der Waals surface area (Å²) in [6.07, 6.45) is 1.64. The van der Waals surface area contributed by atoms with Crippen LogP contribution in [0.15, 0.2) is 48.5 Å². The Morgan fingerprint density at radius 1 is 1.00 bits per heavy atom. The van der Waals surface area contributed by atoms with Crippen molar-refractivity contribution in [1.82, 2.24) is 4.90 Å². The van der Waals surface area contributed by atoms with Crippen molar-refractivity contribution in [2.75, 3.05) is 24.5 Å². The molecule has 0 saturated carbocycles. The maximum atomic E-state index is 10.6. The summed E-state index contributed by atoms with van der Waals surface area (Å²) in [5.41, 5.74) is 5.35. The van der Waals surface area contributed by atoms with Gasteiger partial charge in [0.2, 0.25) is 0 Å². The Hall–Kier alpha value is -2.53. The molecule has 5 nitrogen and oxygen atoms in total. The van der Waals surface area contributed by atoms with E-state index in [-0.39, 0.29) is 6.23 Å². The smallest absolute Gasteiger partial charge is 0.450 e. The topological polar surface area (TPSA) is 52.8 Å². The van der Waals surface area contributed by atoms with Crippen LogP contribution in [0.4, 0.5) is 16.2 Å². The van der Waals surface area contributed by atoms with Gasteiger partial charge in [0.1, 0.15) is 0 Å². The van der Waals surface area contributed by atoms with Gasteiger partial charge in [0, 0.05) is 24.5 Å². The van der Waals surface area contributed by atoms with Crippen molar-refractivity contribution in [2.45, 2.75) is 25.5 Å². The molecule has 2 aliphatic rings. The lowest BCUT2D eigenvalue weighted by Crippen LogP contribution is -2.22. The summed E-state index contributed by atoms with van der Waals surface area (Å²) in [6.45, 7) is 2.46. The lowest BCUT2D eigenvalue weighted by Gasteiger charge is -2.27. The summed E-state index contributed by atoms with van der Waals surface area (Å²) in [5, 5.41) is 8.66. The zero-order chi connectivity index (χ0) is 17.2. The zero-order valence-electron chi connectivity index (χ0n) is 14.1. The molecule has 25 heavy (non-hydrogen) atoms. The molecule has 0 bridgehead atoms. The normalized spacial score (nSPS) is 21.0. The average molecular weight is 338 g/mol. The minimum absolute atomic E-state index is 0.249. The number of carboxylic acid groups (broad SMARTS) is 1. The molecule has 2 heterocycles. The molecular formula is C20H22N2O3. The SMILES string of the molecule is O=C(O)OC1CN1CCCN1c2ccccc2CCc2ccccc21. The third-order valence-corrected chi connectivity index (χ3v) is 4.96. The van der Waals surface area contributed by atoms with Crippen LogP contribution in [0.5, 0.6) is 0 Å². The number of anilines is 2. The number of benzene rings is 2. The van der Waals surface area contributed by atoms with Gasteiger partial charge in [-0.25, -0.2) is 4.79 Å². The lowest BCUT2D eigenvalue weighted by molar-refractivity contribution is 0.0686. The third kappa shape index (κ3) is 3.46. The molecule has 0 spiro atoms. The van der Waals surface area contributed by atoms with E-state index in [0.717, 1.165) is 32.4 Å². The Morgan fingerprint density at radius 2 is 1.60 bits per heavy atom. The Labute approximate surface area is 147 Å². The van der Waals surface area contributed by atoms with Crippen LogP contribution in [0.1, 0.15) is 17.5 Å². The summed E-state index contributed by atoms with van der Waals surface area (Å²) in [4.78, 5) is 15.0. The molecule has 130 valence electrons. The zero-order valence-corrected chi connectivity index (χ0v) is 14.1. The van der Waals surface area contributed by atoms with Gasteiger partial charge < -0.3 is 14.7 Å². The van der Waals surface area contributed by atoms with Crippen LogP contribution < -0.4 is 4.90 Å². The van der Waals surface area contributed by atoms with Crippen LogP contribution in [-0.4, -0.2) is 42.0 Å². The molecule has 5 heteroatoms. The van der Waals surface area contributed by atoms with Crippen molar-refractivity contribution in [1.29, 1.82) is 0 Å². The Bertz CT molecular complexity index is 730. The fourth-order valence-corrected chi connectivity index (χ4v) is 3.66. The molecule has 2 aliphatic heterocycles. The molecule has 0 radical (unpaired) electrons. The number of ether oxygens (including phenoxy) is 1. The van der Waals surface area contributed by atoms with Crippen LogP contribution in [0.25, 0.3) is 0 Å². The highest BCUT2D eigenvalue weighted by Crippen LogP contribution is 2.36. The van der Waals surface area contributed by atoms with E-state index in [9.17, 15) is 4.79 Å². The van der Waals surface area contributed by atoms with Crippen molar-refractivity contribution in [2.24, 2.45) is 0 Å². The van der Waals surface area contributed by atoms with E-state index < -0.39 is 6.16 Å². The molecule has 1 N–H and O–H groups in total. The minimum Gasteiger partial charge on any atom is -0.450 e. The largest absolute Gasteiger partial charge is 0.507 e. The maximum Gasteiger partial charge on any atom is 0.507 e. The van der Waals surface area contributed by atoms with E-state index in [1.807, 2.05) is 4.90 Å². The van der Waals surface area contributed by atoms with Gasteiger partial charge in [-0.15, -0.1) is 0 Å². The van der Waals surface area contributed by atoms with Gasteiger partial charge in [-0.1, -0.05) is 36.4 Å². The number of hydrogen-bond acceptors (Lipinski definition) is 4. The molecule has 2 aromatic rings. The van der Waals surface area contributed by atoms with Crippen LogP contribution in [-0.2, 0) is 17.6 Å². The van der Waals surface area contributed by atoms with Gasteiger partial charge in [0.05, 0.1) is 6.54 Å². The minimum atomic E-state index is -1.19. The molecule has 0 aromatic heterocycles. The average Bonchev–Trinajstić information content (AvgIpc) is 3.37. The first-order chi connectivity index (χ1) is 12.2. The predicted octanol–water partition coefficient (Wildman–Crippen LogP) is 3.65. The second-order valence-corrected chi connectivity index (χ2v) is 6.60. The Morgan fingerprint density at radius 3 is 2.20 bits per heavy atom. The number of hydrogen-bond donors (Lipinski definition) is 1. The Kier molecular flexibility index (Phi) is 4.32. The van der Waals surface area contributed by atoms with Crippen LogP contribution in [0.2, 0.25) is 0 Å². The highest BCUT2D eigenvalue weighted by molar-refractivity contribution is 5.71. The molecular weight excluding hydrogens is 316 g/mol. The summed E-state index contributed by atoms with van der Waals surface area (Å²) in [7, 11) is 0. The standard InChI is InChI=1S/C20H22N2O3/c23-20(24)25-19-14-21(19)12-5-13-22-17-8-3-1-6-15(17)10-11-16-7-2-4-9-18(16)22/h1-4,6-9,19H,5,10-14H2,(H,23,24). The number of fused-ring (bicyclic) bond motifs is 2. The van der Waals surface area contributed by atoms with Gasteiger partial charge in [-0.3, -0.25) is 4.90 Å². The Balaban J connectivity index is 1.48. The number of rotatable bonds is 5. The summed E-state index contributed by atoms with van der Waals surface area (Å²) >= 11 is 0. The maximum absolute atomic E-state index is 10.6. The molecule has 0 aliphatic carbocycles. The van der Waals surface area contributed by atoms with Gasteiger partial charge in [0.15, 0.2) is 6.23 Å². The van der Waals surface area contributed by atoms with E-state index >= 15 is 0 Å². The number of nitrogens with zero attached hydrogens (tertiary/aromatic N) is 2. The quantitative estimate of drug-likeness (QED) is 0.666. The monoisotopic (exact) mass is 338 g/mol. The first-order valence-corrected chi connectivity index (χ1v) is 8.79. The molecule has 2 unspecified atom stereocenters. The molecule has 2 atom stereocenters. The summed E-state index contributed by atoms with van der Waals surface area (Å²) in [6, 6.07) is 17.2. The summed E-state index contributed by atoms with van der Waals surface area (Å²) in [5.74, 6) is 0. The van der Waals surface area contributed by atoms with Crippen molar-refractivity contribution in [3.8, 4) is 0 Å². The van der Waals surface area contributed by atoms with E-state index in [0.29, 0.717) is 6.54 Å². The molecule has 2 aromatic carbocycles. The number of aryl methyl sites for hydroxylation is 2. The molecule has 1 fully saturated rings. The van der Waals surface area contributed by atoms with Crippen molar-refractivity contribution in [3.63, 3.8) is 0 Å². The van der Waals surface area contributed by atoms with Gasteiger partial charge in [0.25, 0.3) is 0 Å². The van der Waals surface area contributed by atoms with Crippen molar-refractivity contribution >= 4 is 17.5 Å². The third-order valence-electron chi connectivity index (χ3n) is 4.96. The number of para-hydroxylation sites is 2. The van der Waals surface area contributed by atoms with E-state index in [1.54, 1.807) is 0 Å². The van der Waals surface area contributed by atoms with Gasteiger partial charge in [-0.05, 0) is 42.5 Å².